The van der Waals surface area contributed by atoms with Gasteiger partial charge in [0.05, 0.1) is 52.1 Å². The van der Waals surface area contributed by atoms with E-state index in [2.05, 4.69) is 89.7 Å². The van der Waals surface area contributed by atoms with Gasteiger partial charge >= 0.3 is 6.09 Å². The molecule has 1 aliphatic heterocycles. The number of carbonyl (C=O) groups excluding carboxylic acids is 2. The van der Waals surface area contributed by atoms with Crippen LogP contribution in [0.1, 0.15) is 188 Å². The molecule has 81 heavy (non-hydrogen) atoms. The average molecular weight is 1130 g/mol. The predicted octanol–water partition coefficient (Wildman–Crippen LogP) is 15.7. The Morgan fingerprint density at radius 2 is 1.48 bits per heavy atom. The highest BCUT2D eigenvalue weighted by atomic mass is 31.2. The number of rotatable bonds is 28. The van der Waals surface area contributed by atoms with E-state index in [9.17, 15) is 14.9 Å². The molecule has 3 aromatic carbocycles. The van der Waals surface area contributed by atoms with E-state index in [1.165, 1.54) is 63.4 Å². The maximum atomic E-state index is 14.6. The topological polar surface area (TPSA) is 132 Å². The van der Waals surface area contributed by atoms with Crippen LogP contribution in [0, 0.1) is 51.8 Å². The zero-order valence-corrected chi connectivity index (χ0v) is 51.9. The van der Waals surface area contributed by atoms with Gasteiger partial charge in [0.25, 0.3) is 8.53 Å². The second-order valence-corrected chi connectivity index (χ2v) is 27.2. The van der Waals surface area contributed by atoms with Crippen molar-refractivity contribution in [2.75, 3.05) is 40.5 Å². The number of hydrogen-bond donors (Lipinski definition) is 1. The van der Waals surface area contributed by atoms with Gasteiger partial charge < -0.3 is 38.2 Å². The van der Waals surface area contributed by atoms with Gasteiger partial charge in [-0.2, -0.15) is 5.26 Å². The molecular formula is C68H99N4O8P. The van der Waals surface area contributed by atoms with Crippen molar-refractivity contribution < 1.29 is 37.6 Å². The molecular weight excluding hydrogens is 1030 g/mol. The predicted molar refractivity (Wildman–Crippen MR) is 324 cm³/mol. The molecule has 1 saturated heterocycles. The van der Waals surface area contributed by atoms with Gasteiger partial charge in [-0.05, 0) is 180 Å². The average Bonchev–Trinajstić information content (AvgIpc) is 4.27. The van der Waals surface area contributed by atoms with Gasteiger partial charge in [0.15, 0.2) is 0 Å². The number of benzene rings is 3. The molecule has 5 aliphatic rings. The number of nitriles is 1. The van der Waals surface area contributed by atoms with Gasteiger partial charge in [0, 0.05) is 38.0 Å². The van der Waals surface area contributed by atoms with Gasteiger partial charge in [-0.3, -0.25) is 4.79 Å². The first kappa shape index (κ1) is 62.5. The Morgan fingerprint density at radius 1 is 0.802 bits per heavy atom. The van der Waals surface area contributed by atoms with Crippen molar-refractivity contribution in [1.82, 2.24) is 14.9 Å². The Labute approximate surface area is 488 Å². The van der Waals surface area contributed by atoms with E-state index >= 15 is 0 Å². The van der Waals surface area contributed by atoms with E-state index in [4.69, 9.17) is 28.0 Å². The van der Waals surface area contributed by atoms with Crippen molar-refractivity contribution in [3.8, 4) is 17.6 Å². The molecule has 2 amide bonds. The first-order valence-electron chi connectivity index (χ1n) is 31.2. The van der Waals surface area contributed by atoms with Gasteiger partial charge in [-0.1, -0.05) is 120 Å². The third-order valence-electron chi connectivity index (χ3n) is 19.7. The number of carbonyl (C=O) groups is 2. The quantitative estimate of drug-likeness (QED) is 0.0324. The van der Waals surface area contributed by atoms with E-state index in [-0.39, 0.29) is 67.4 Å². The van der Waals surface area contributed by atoms with Crippen LogP contribution in [0.15, 0.2) is 90.5 Å². The number of hydrogen-bond acceptors (Lipinski definition) is 10. The number of allylic oxidation sites excluding steroid dienone is 1. The lowest BCUT2D eigenvalue weighted by Crippen LogP contribution is -2.50. The van der Waals surface area contributed by atoms with Crippen LogP contribution in [-0.2, 0) is 28.9 Å². The summed E-state index contributed by atoms with van der Waals surface area (Å²) in [6.07, 6.45) is 20.3. The molecule has 0 spiro atoms. The highest BCUT2D eigenvalue weighted by Gasteiger charge is 2.58. The van der Waals surface area contributed by atoms with Crippen LogP contribution < -0.4 is 14.8 Å². The van der Waals surface area contributed by atoms with E-state index < -0.39 is 14.1 Å². The molecule has 4 unspecified atom stereocenters. The second-order valence-electron chi connectivity index (χ2n) is 25.8. The van der Waals surface area contributed by atoms with E-state index in [0.29, 0.717) is 37.8 Å². The van der Waals surface area contributed by atoms with Gasteiger partial charge in [0.2, 0.25) is 5.91 Å². The fourth-order valence-corrected chi connectivity index (χ4v) is 17.2. The lowest BCUT2D eigenvalue weighted by atomic mass is 9.47. The largest absolute Gasteiger partial charge is 0.497 e. The third kappa shape index (κ3) is 14.7. The normalized spacial score (nSPS) is 26.7. The number of methoxy groups -OCH3 is 2. The zero-order chi connectivity index (χ0) is 57.7. The van der Waals surface area contributed by atoms with Crippen LogP contribution in [-0.4, -0.2) is 92.4 Å². The molecule has 3 aromatic rings. The summed E-state index contributed by atoms with van der Waals surface area (Å²) in [6.45, 7) is 19.8. The maximum absolute atomic E-state index is 14.6. The summed E-state index contributed by atoms with van der Waals surface area (Å²) in [5.41, 5.74) is 3.94. The summed E-state index contributed by atoms with van der Waals surface area (Å²) < 4.78 is 40.3. The maximum Gasteiger partial charge on any atom is 0.407 e. The zero-order valence-electron chi connectivity index (χ0n) is 51.0. The number of alkyl carbamates (subject to hydrolysis) is 1. The molecule has 10 atom stereocenters. The number of nitrogens with one attached hydrogen (secondary N) is 1. The molecule has 1 heterocycles. The van der Waals surface area contributed by atoms with Crippen LogP contribution in [0.3, 0.4) is 0 Å². The molecule has 13 heteroatoms. The number of amides is 2. The van der Waals surface area contributed by atoms with Crippen LogP contribution >= 0.6 is 8.53 Å². The highest BCUT2D eigenvalue weighted by Crippen LogP contribution is 2.67. The molecule has 444 valence electrons. The SMILES string of the molecule is COc1ccc(C(OC[C@@H]2C[C@@H](OP(OCCC#N)N(C(C)C)C(C)C)CN2C(=O)CCCCCNC(=O)O[C@H]2CC[C@@]3(C)C(=CCC4C3CC[C@@]3(C)C4CC[C@@H]3CCCCC(C)C)C2)(c2ccccc2)c2ccc(OC)cc2)cc1. The van der Waals surface area contributed by atoms with Crippen LogP contribution in [0.25, 0.3) is 0 Å². The lowest BCUT2D eigenvalue weighted by molar-refractivity contribution is -0.134. The highest BCUT2D eigenvalue weighted by molar-refractivity contribution is 7.44. The van der Waals surface area contributed by atoms with Crippen molar-refractivity contribution in [2.45, 2.75) is 207 Å². The van der Waals surface area contributed by atoms with E-state index in [1.54, 1.807) is 14.2 Å². The van der Waals surface area contributed by atoms with Crippen molar-refractivity contribution in [3.05, 3.63) is 107 Å². The molecule has 4 aliphatic carbocycles. The lowest BCUT2D eigenvalue weighted by Gasteiger charge is -2.58. The minimum Gasteiger partial charge on any atom is -0.497 e. The summed E-state index contributed by atoms with van der Waals surface area (Å²) in [4.78, 5) is 29.9. The fraction of sp³-hybridized carbons (Fsp3) is 0.662. The van der Waals surface area contributed by atoms with Gasteiger partial charge in [-0.15, -0.1) is 0 Å². The van der Waals surface area contributed by atoms with Crippen LogP contribution in [0.5, 0.6) is 11.5 Å². The Bertz CT molecular complexity index is 2480. The molecule has 12 nitrogen and oxygen atoms in total. The van der Waals surface area contributed by atoms with Crippen LogP contribution in [0.4, 0.5) is 4.79 Å². The minimum absolute atomic E-state index is 0.0374. The van der Waals surface area contributed by atoms with E-state index in [1.807, 2.05) is 71.6 Å². The van der Waals surface area contributed by atoms with Crippen LogP contribution in [0.2, 0.25) is 0 Å². The van der Waals surface area contributed by atoms with Gasteiger partial charge in [-0.25, -0.2) is 9.46 Å². The Kier molecular flexibility index (Phi) is 22.3. The number of fused-ring (bicyclic) bond motifs is 5. The van der Waals surface area contributed by atoms with E-state index in [0.717, 1.165) is 89.9 Å². The summed E-state index contributed by atoms with van der Waals surface area (Å²) >= 11 is 0. The number of unbranched alkanes of at least 4 members (excludes halogenated alkanes) is 3. The molecule has 4 fully saturated rings. The van der Waals surface area contributed by atoms with Crippen molar-refractivity contribution in [2.24, 2.45) is 40.4 Å². The smallest absolute Gasteiger partial charge is 0.407 e. The molecule has 1 N–H and O–H groups in total. The fourth-order valence-electron chi connectivity index (χ4n) is 15.5. The molecule has 0 radical (unpaired) electrons. The first-order chi connectivity index (χ1) is 39.0. The standard InChI is InChI=1S/C68H99N4O8P/c1-48(2)20-16-17-21-51-30-36-62-61-35-29-55-44-59(37-39-67(55,8)63(61)38-40-66(51,62)7)79-65(74)70-42-18-12-15-24-64(73)71-46-60(80-81(78-43-19-41-69)72(49(3)4)50(5)6)45-56(71)47-77-68(52-22-13-11-14-23-52,53-25-31-57(75-9)32-26-53)54-27-33-58(76-10)34-28-54/h11,13-14,22-23,25-29,31-34,48-51,56,59-63H,12,15-21,24,30,35-40,42-47H2,1-10H3,(H,70,74)/t51-,56-,59-,60+,61?,62?,63?,66+,67-,81?/m0/s1. The minimum atomic E-state index is -1.55. The number of nitrogens with zero attached hydrogens (tertiary/aromatic N) is 3. The first-order valence-corrected chi connectivity index (χ1v) is 32.3. The van der Waals surface area contributed by atoms with Crippen molar-refractivity contribution >= 4 is 20.5 Å². The molecule has 8 rings (SSSR count). The Balaban J connectivity index is 0.886. The third-order valence-corrected chi connectivity index (χ3v) is 21.9. The number of ether oxygens (including phenoxy) is 4. The van der Waals surface area contributed by atoms with Crippen molar-refractivity contribution in [1.29, 1.82) is 5.26 Å². The summed E-state index contributed by atoms with van der Waals surface area (Å²) in [5, 5.41) is 12.5. The Morgan fingerprint density at radius 3 is 2.12 bits per heavy atom. The monoisotopic (exact) mass is 1130 g/mol. The molecule has 0 bridgehead atoms. The number of likely N-dealkylation sites (tertiary alicyclic amines) is 1. The second kappa shape index (κ2) is 28.9. The summed E-state index contributed by atoms with van der Waals surface area (Å²) in [6, 6.07) is 28.3. The summed E-state index contributed by atoms with van der Waals surface area (Å²) in [7, 11) is 1.77. The van der Waals surface area contributed by atoms with Crippen molar-refractivity contribution in [3.63, 3.8) is 0 Å². The summed E-state index contributed by atoms with van der Waals surface area (Å²) in [5.74, 6) is 5.57. The Hall–Kier alpha value is -4.50. The molecule has 0 aromatic heterocycles. The molecule has 3 saturated carbocycles. The van der Waals surface area contributed by atoms with Gasteiger partial charge in [0.1, 0.15) is 23.2 Å².